The van der Waals surface area contributed by atoms with E-state index in [0.29, 0.717) is 31.9 Å². The first-order valence-corrected chi connectivity index (χ1v) is 15.3. The second-order valence-electron chi connectivity index (χ2n) is 11.5. The number of carbonyl (C=O) groups is 2. The van der Waals surface area contributed by atoms with Gasteiger partial charge >= 0.3 is 0 Å². The number of furan rings is 1. The summed E-state index contributed by atoms with van der Waals surface area (Å²) in [5.74, 6) is 1.54. The fourth-order valence-corrected chi connectivity index (χ4v) is 6.04. The van der Waals surface area contributed by atoms with Gasteiger partial charge in [-0.25, -0.2) is 0 Å². The summed E-state index contributed by atoms with van der Waals surface area (Å²) in [7, 11) is 0. The number of nitrogens with zero attached hydrogens (tertiary/aromatic N) is 4. The highest BCUT2D eigenvalue weighted by Gasteiger charge is 2.33. The van der Waals surface area contributed by atoms with Gasteiger partial charge in [0.25, 0.3) is 5.91 Å². The van der Waals surface area contributed by atoms with E-state index in [1.807, 2.05) is 40.3 Å². The van der Waals surface area contributed by atoms with Crippen LogP contribution in [-0.4, -0.2) is 63.8 Å². The van der Waals surface area contributed by atoms with Crippen LogP contribution >= 0.6 is 0 Å². The third-order valence-electron chi connectivity index (χ3n) is 8.40. The lowest BCUT2D eigenvalue weighted by molar-refractivity contribution is -0.133. The minimum absolute atomic E-state index is 0.0613. The molecule has 0 atom stereocenters. The molecule has 218 valence electrons. The molecule has 6 rings (SSSR count). The lowest BCUT2D eigenvalue weighted by Gasteiger charge is -2.39. The molecule has 2 fully saturated rings. The lowest BCUT2D eigenvalue weighted by atomic mass is 9.96. The third-order valence-corrected chi connectivity index (χ3v) is 8.40. The Morgan fingerprint density at radius 2 is 1.52 bits per heavy atom. The molecule has 3 heterocycles. The number of hydrogen-bond acceptors (Lipinski definition) is 4. The first-order chi connectivity index (χ1) is 20.6. The van der Waals surface area contributed by atoms with Crippen LogP contribution in [0.4, 0.5) is 0 Å². The molecule has 0 bridgehead atoms. The van der Waals surface area contributed by atoms with E-state index < -0.39 is 0 Å². The van der Waals surface area contributed by atoms with Gasteiger partial charge in [-0.15, -0.1) is 0 Å². The molecular formula is C35H40N4O3. The van der Waals surface area contributed by atoms with E-state index in [1.54, 1.807) is 6.07 Å². The fraction of sp³-hybridized carbons (Fsp3) is 0.371. The molecule has 2 aromatic carbocycles. The van der Waals surface area contributed by atoms with Crippen molar-refractivity contribution in [2.45, 2.75) is 45.3 Å². The van der Waals surface area contributed by atoms with Crippen LogP contribution in [0.15, 0.2) is 95.5 Å². The maximum absolute atomic E-state index is 13.4. The largest absolute Gasteiger partial charge is 0.454 e. The molecule has 0 unspecified atom stereocenters. The minimum atomic E-state index is -0.0613. The average Bonchev–Trinajstić information content (AvgIpc) is 3.63. The van der Waals surface area contributed by atoms with Crippen LogP contribution in [0, 0.1) is 5.92 Å². The molecule has 1 aliphatic heterocycles. The van der Waals surface area contributed by atoms with Crippen molar-refractivity contribution in [2.75, 3.05) is 32.7 Å². The Balaban J connectivity index is 1.08. The molecule has 0 radical (unpaired) electrons. The van der Waals surface area contributed by atoms with Gasteiger partial charge in [0, 0.05) is 50.5 Å². The minimum Gasteiger partial charge on any atom is -0.454 e. The number of rotatable bonds is 11. The quantitative estimate of drug-likeness (QED) is 0.230. The molecule has 42 heavy (non-hydrogen) atoms. The molecule has 0 spiro atoms. The van der Waals surface area contributed by atoms with Crippen LogP contribution in [0.2, 0.25) is 0 Å². The van der Waals surface area contributed by atoms with Crippen molar-refractivity contribution in [3.05, 3.63) is 119 Å². The van der Waals surface area contributed by atoms with E-state index in [-0.39, 0.29) is 23.8 Å². The molecule has 7 nitrogen and oxygen atoms in total. The first kappa shape index (κ1) is 28.0. The summed E-state index contributed by atoms with van der Waals surface area (Å²) in [5, 5.41) is 0. The van der Waals surface area contributed by atoms with Crippen molar-refractivity contribution < 1.29 is 14.0 Å². The van der Waals surface area contributed by atoms with Crippen molar-refractivity contribution in [1.82, 2.24) is 19.3 Å². The monoisotopic (exact) mass is 564 g/mol. The van der Waals surface area contributed by atoms with Gasteiger partial charge in [-0.05, 0) is 54.7 Å². The van der Waals surface area contributed by atoms with Gasteiger partial charge in [0.15, 0.2) is 5.76 Å². The predicted octanol–water partition coefficient (Wildman–Crippen LogP) is 5.83. The summed E-state index contributed by atoms with van der Waals surface area (Å²) >= 11 is 0. The van der Waals surface area contributed by atoms with Crippen LogP contribution in [0.3, 0.4) is 0 Å². The topological polar surface area (TPSA) is 61.9 Å². The zero-order valence-electron chi connectivity index (χ0n) is 24.4. The van der Waals surface area contributed by atoms with E-state index in [0.717, 1.165) is 50.4 Å². The van der Waals surface area contributed by atoms with Crippen molar-refractivity contribution in [2.24, 2.45) is 5.92 Å². The van der Waals surface area contributed by atoms with Gasteiger partial charge in [0.05, 0.1) is 19.1 Å². The summed E-state index contributed by atoms with van der Waals surface area (Å²) in [6, 6.07) is 29.1. The molecule has 1 saturated carbocycles. The van der Waals surface area contributed by atoms with Crippen molar-refractivity contribution in [3.8, 4) is 0 Å². The lowest BCUT2D eigenvalue weighted by Crippen LogP contribution is -2.49. The smallest absolute Gasteiger partial charge is 0.289 e. The van der Waals surface area contributed by atoms with Gasteiger partial charge in [-0.2, -0.15) is 0 Å². The van der Waals surface area contributed by atoms with Gasteiger partial charge in [0.1, 0.15) is 5.76 Å². The van der Waals surface area contributed by atoms with Crippen molar-refractivity contribution in [3.63, 3.8) is 0 Å². The molecule has 2 amide bonds. The highest BCUT2D eigenvalue weighted by molar-refractivity contribution is 5.91. The maximum Gasteiger partial charge on any atom is 0.289 e. The third kappa shape index (κ3) is 6.36. The molecule has 2 aliphatic rings. The van der Waals surface area contributed by atoms with Crippen LogP contribution in [0.25, 0.3) is 0 Å². The number of benzene rings is 2. The Hall–Kier alpha value is -4.10. The predicted molar refractivity (Wildman–Crippen MR) is 163 cm³/mol. The van der Waals surface area contributed by atoms with E-state index >= 15 is 0 Å². The SMILES string of the molecule is CCCN(Cc1cccn1Cc1ccc(C(=O)N2CCN(C(c3ccccc3)c3ccccc3)CC2)o1)C(=O)C1CC1. The number of carbonyl (C=O) groups excluding carboxylic acids is 2. The average molecular weight is 565 g/mol. The fourth-order valence-electron chi connectivity index (χ4n) is 6.04. The molecule has 1 saturated heterocycles. The van der Waals surface area contributed by atoms with Crippen LogP contribution in [-0.2, 0) is 17.9 Å². The first-order valence-electron chi connectivity index (χ1n) is 15.3. The van der Waals surface area contributed by atoms with Gasteiger partial charge < -0.3 is 18.8 Å². The van der Waals surface area contributed by atoms with Gasteiger partial charge in [0.2, 0.25) is 5.91 Å². The van der Waals surface area contributed by atoms with Gasteiger partial charge in [-0.3, -0.25) is 14.5 Å². The maximum atomic E-state index is 13.4. The Bertz CT molecular complexity index is 1430. The normalized spacial score (nSPS) is 15.7. The van der Waals surface area contributed by atoms with Crippen molar-refractivity contribution in [1.29, 1.82) is 0 Å². The zero-order chi connectivity index (χ0) is 28.9. The van der Waals surface area contributed by atoms with Crippen LogP contribution in [0.5, 0.6) is 0 Å². The standard InChI is InChI=1S/C35H40N4O3/c1-2-19-39(34(40)29-15-16-29)25-30-14-9-20-38(30)26-31-17-18-32(42-31)35(41)37-23-21-36(22-24-37)33(27-10-5-3-6-11-27)28-12-7-4-8-13-28/h3-14,17-18,20,29,33H,2,15-16,19,21-26H2,1H3. The highest BCUT2D eigenvalue weighted by Crippen LogP contribution is 2.32. The molecule has 0 N–H and O–H groups in total. The zero-order valence-corrected chi connectivity index (χ0v) is 24.4. The van der Waals surface area contributed by atoms with Gasteiger partial charge in [-0.1, -0.05) is 67.6 Å². The summed E-state index contributed by atoms with van der Waals surface area (Å²) in [4.78, 5) is 32.6. The Labute approximate surface area is 248 Å². The molecule has 1 aliphatic carbocycles. The molecule has 7 heteroatoms. The Kier molecular flexibility index (Phi) is 8.56. The number of hydrogen-bond donors (Lipinski definition) is 0. The summed E-state index contributed by atoms with van der Waals surface area (Å²) in [6.07, 6.45) is 4.98. The Morgan fingerprint density at radius 3 is 2.14 bits per heavy atom. The summed E-state index contributed by atoms with van der Waals surface area (Å²) < 4.78 is 8.19. The summed E-state index contributed by atoms with van der Waals surface area (Å²) in [6.45, 7) is 6.87. The van der Waals surface area contributed by atoms with E-state index in [9.17, 15) is 9.59 Å². The number of amides is 2. The van der Waals surface area contributed by atoms with Crippen molar-refractivity contribution >= 4 is 11.8 Å². The van der Waals surface area contributed by atoms with E-state index in [4.69, 9.17) is 4.42 Å². The molecular weight excluding hydrogens is 524 g/mol. The van der Waals surface area contributed by atoms with Crippen LogP contribution < -0.4 is 0 Å². The second-order valence-corrected chi connectivity index (χ2v) is 11.5. The number of aromatic nitrogens is 1. The number of piperazine rings is 1. The van der Waals surface area contributed by atoms with E-state index in [1.165, 1.54) is 11.1 Å². The van der Waals surface area contributed by atoms with Crippen LogP contribution in [0.1, 0.15) is 65.4 Å². The molecule has 2 aromatic heterocycles. The second kappa shape index (κ2) is 12.8. The molecule has 4 aromatic rings. The highest BCUT2D eigenvalue weighted by atomic mass is 16.4. The van der Waals surface area contributed by atoms with E-state index in [2.05, 4.69) is 71.0 Å². The Morgan fingerprint density at radius 1 is 0.857 bits per heavy atom. The summed E-state index contributed by atoms with van der Waals surface area (Å²) in [5.41, 5.74) is 3.60.